The Balaban J connectivity index is 0.00000216. The van der Waals surface area contributed by atoms with Gasteiger partial charge in [-0.2, -0.15) is 0 Å². The summed E-state index contributed by atoms with van der Waals surface area (Å²) in [4.78, 5) is 23.5. The van der Waals surface area contributed by atoms with E-state index in [0.717, 1.165) is 61.0 Å². The molecule has 0 aliphatic carbocycles. The average molecular weight is 571 g/mol. The number of fused-ring (bicyclic) bond motifs is 1. The van der Waals surface area contributed by atoms with Gasteiger partial charge in [-0.05, 0) is 57.2 Å². The molecule has 1 aliphatic heterocycles. The number of rotatable bonds is 12. The molecule has 0 bridgehead atoms. The maximum atomic E-state index is 12.1. The number of carbonyl (C=O) groups is 1. The lowest BCUT2D eigenvalue weighted by Gasteiger charge is -2.34. The lowest BCUT2D eigenvalue weighted by molar-refractivity contribution is -0.145. The monoisotopic (exact) mass is 570 g/mol. The summed E-state index contributed by atoms with van der Waals surface area (Å²) in [5, 5.41) is 4.27. The van der Waals surface area contributed by atoms with E-state index < -0.39 is 8.30 Å². The molecule has 1 aromatic heterocycles. The van der Waals surface area contributed by atoms with Crippen LogP contribution in [0, 0.1) is 5.92 Å². The highest BCUT2D eigenvalue weighted by atomic mass is 31.2. The van der Waals surface area contributed by atoms with E-state index in [1.165, 1.54) is 0 Å². The van der Waals surface area contributed by atoms with Crippen LogP contribution in [0.2, 0.25) is 0 Å². The van der Waals surface area contributed by atoms with Gasteiger partial charge >= 0.3 is 5.97 Å². The zero-order valence-electron chi connectivity index (χ0n) is 24.6. The number of hydrogen-bond acceptors (Lipinski definition) is 9. The first kappa shape index (κ1) is 31.4. The van der Waals surface area contributed by atoms with Crippen molar-refractivity contribution in [2.24, 2.45) is 5.92 Å². The molecule has 0 amide bonds. The Morgan fingerprint density at radius 2 is 1.73 bits per heavy atom. The minimum Gasteiger partial charge on any atom is -0.493 e. The minimum absolute atomic E-state index is 0.133. The molecule has 2 aromatic carbocycles. The summed E-state index contributed by atoms with van der Waals surface area (Å²) in [6.07, 6.45) is 5.47. The third-order valence-electron chi connectivity index (χ3n) is 6.50. The van der Waals surface area contributed by atoms with E-state index in [1.807, 2.05) is 70.2 Å². The van der Waals surface area contributed by atoms with E-state index in [0.29, 0.717) is 17.4 Å². The molecule has 3 aromatic rings. The molecule has 1 aliphatic rings. The van der Waals surface area contributed by atoms with Crippen LogP contribution in [0.5, 0.6) is 17.2 Å². The number of piperidine rings is 1. The van der Waals surface area contributed by atoms with E-state index in [9.17, 15) is 4.79 Å². The van der Waals surface area contributed by atoms with Crippen LogP contribution in [0.3, 0.4) is 0 Å². The molecule has 1 fully saturated rings. The third-order valence-corrected chi connectivity index (χ3v) is 8.11. The van der Waals surface area contributed by atoms with Crippen LogP contribution in [0.15, 0.2) is 48.8 Å². The van der Waals surface area contributed by atoms with E-state index in [1.54, 1.807) is 20.5 Å². The molecule has 0 radical (unpaired) electrons. The second kappa shape index (κ2) is 16.2. The summed E-state index contributed by atoms with van der Waals surface area (Å²) in [5.74, 6) is 3.37. The van der Waals surface area contributed by atoms with E-state index >= 15 is 0 Å². The summed E-state index contributed by atoms with van der Waals surface area (Å²) in [5.41, 5.74) is 0.834. The number of ether oxygens (including phenoxy) is 3. The molecule has 1 unspecified atom stereocenters. The van der Waals surface area contributed by atoms with Gasteiger partial charge in [0.15, 0.2) is 19.8 Å². The van der Waals surface area contributed by atoms with Crippen LogP contribution in [0.1, 0.15) is 47.0 Å². The highest BCUT2D eigenvalue weighted by Gasteiger charge is 2.24. The predicted octanol–water partition coefficient (Wildman–Crippen LogP) is 6.21. The number of esters is 1. The summed E-state index contributed by atoms with van der Waals surface area (Å²) in [7, 11) is 2.24. The highest BCUT2D eigenvalue weighted by molar-refractivity contribution is 7.50. The van der Waals surface area contributed by atoms with Crippen LogP contribution in [-0.4, -0.2) is 62.1 Å². The van der Waals surface area contributed by atoms with Gasteiger partial charge in [0.25, 0.3) is 0 Å². The molecular formula is C30H43N4O5P. The number of hydrogen-bond donors (Lipinski definition) is 1. The van der Waals surface area contributed by atoms with Gasteiger partial charge in [0, 0.05) is 30.7 Å². The van der Waals surface area contributed by atoms with Gasteiger partial charge in [0.2, 0.25) is 0 Å². The molecule has 0 saturated carbocycles. The molecule has 40 heavy (non-hydrogen) atoms. The van der Waals surface area contributed by atoms with Crippen molar-refractivity contribution in [1.82, 2.24) is 15.1 Å². The quantitative estimate of drug-likeness (QED) is 0.201. The maximum Gasteiger partial charge on any atom is 0.320 e. The summed E-state index contributed by atoms with van der Waals surface area (Å²) in [6, 6.07) is 13.6. The molecule has 4 rings (SSSR count). The van der Waals surface area contributed by atoms with Crippen molar-refractivity contribution in [2.45, 2.75) is 53.1 Å². The molecule has 0 spiro atoms. The standard InChI is InChI=1S/C28H37N4O5P.C2H6/c1-20(2)36-27(33)18-31-38(37-22-8-6-5-7-9-22)15-12-21-10-13-32(14-11-21)28-23-16-25(34-3)26(35-4)17-24(23)29-19-30-28;1-2/h5-9,16-17,19-21,31H,10-15,18H2,1-4H3;1-2H3. The first-order valence-electron chi connectivity index (χ1n) is 14.0. The fourth-order valence-electron chi connectivity index (χ4n) is 4.58. The van der Waals surface area contributed by atoms with Crippen molar-refractivity contribution in [1.29, 1.82) is 0 Å². The molecule has 2 heterocycles. The van der Waals surface area contributed by atoms with Crippen LogP contribution < -0.4 is 24.0 Å². The third kappa shape index (κ3) is 8.93. The normalized spacial score (nSPS) is 14.3. The molecular weight excluding hydrogens is 527 g/mol. The number of para-hydroxylation sites is 1. The Labute approximate surface area is 239 Å². The fourth-order valence-corrected chi connectivity index (χ4v) is 6.17. The van der Waals surface area contributed by atoms with Gasteiger partial charge in [0.1, 0.15) is 24.4 Å². The Morgan fingerprint density at radius 1 is 1.05 bits per heavy atom. The molecule has 9 nitrogen and oxygen atoms in total. The largest absolute Gasteiger partial charge is 0.493 e. The minimum atomic E-state index is -1.02. The number of methoxy groups -OCH3 is 2. The van der Waals surface area contributed by atoms with Crippen molar-refractivity contribution in [2.75, 3.05) is 44.9 Å². The Kier molecular flexibility index (Phi) is 12.7. The van der Waals surface area contributed by atoms with Gasteiger partial charge in [0.05, 0.1) is 25.8 Å². The van der Waals surface area contributed by atoms with Gasteiger partial charge < -0.3 is 23.6 Å². The van der Waals surface area contributed by atoms with E-state index in [-0.39, 0.29) is 18.6 Å². The topological polar surface area (TPSA) is 95.0 Å². The summed E-state index contributed by atoms with van der Waals surface area (Å²) >= 11 is 0. The summed E-state index contributed by atoms with van der Waals surface area (Å²) in [6.45, 7) is 9.67. The van der Waals surface area contributed by atoms with Crippen molar-refractivity contribution < 1.29 is 23.5 Å². The smallest absolute Gasteiger partial charge is 0.320 e. The molecule has 1 saturated heterocycles. The highest BCUT2D eigenvalue weighted by Crippen LogP contribution is 2.39. The van der Waals surface area contributed by atoms with Crippen molar-refractivity contribution in [3.05, 3.63) is 48.8 Å². The van der Waals surface area contributed by atoms with Crippen molar-refractivity contribution >= 4 is 31.0 Å². The zero-order valence-corrected chi connectivity index (χ0v) is 25.4. The molecule has 218 valence electrons. The fraction of sp³-hybridized carbons (Fsp3) is 0.500. The van der Waals surface area contributed by atoms with Crippen LogP contribution >= 0.6 is 8.30 Å². The molecule has 1 N–H and O–H groups in total. The van der Waals surface area contributed by atoms with Crippen LogP contribution in [0.4, 0.5) is 5.82 Å². The summed E-state index contributed by atoms with van der Waals surface area (Å²) < 4.78 is 22.5. The number of nitrogens with zero attached hydrogens (tertiary/aromatic N) is 3. The Hall–Kier alpha value is -3.16. The van der Waals surface area contributed by atoms with E-state index in [4.69, 9.17) is 18.7 Å². The number of anilines is 1. The Bertz CT molecular complexity index is 1190. The Morgan fingerprint density at radius 3 is 2.38 bits per heavy atom. The zero-order chi connectivity index (χ0) is 28.9. The van der Waals surface area contributed by atoms with Gasteiger partial charge in [-0.25, -0.2) is 9.97 Å². The van der Waals surface area contributed by atoms with Crippen molar-refractivity contribution in [3.8, 4) is 17.2 Å². The maximum absolute atomic E-state index is 12.1. The first-order chi connectivity index (χ1) is 19.5. The van der Waals surface area contributed by atoms with Crippen molar-refractivity contribution in [3.63, 3.8) is 0 Å². The average Bonchev–Trinajstić information content (AvgIpc) is 2.99. The second-order valence-electron chi connectivity index (χ2n) is 9.52. The lowest BCUT2D eigenvalue weighted by Crippen LogP contribution is -2.35. The van der Waals surface area contributed by atoms with Gasteiger partial charge in [-0.15, -0.1) is 0 Å². The number of nitrogens with one attached hydrogen (secondary N) is 1. The molecule has 10 heteroatoms. The molecule has 1 atom stereocenters. The number of benzene rings is 2. The SMILES string of the molecule is CC.COc1cc2ncnc(N3CCC(CCP(NCC(=O)OC(C)C)Oc4ccccc4)CC3)c2cc1OC. The second-order valence-corrected chi connectivity index (χ2v) is 11.2. The number of aromatic nitrogens is 2. The number of carbonyl (C=O) groups excluding carboxylic acids is 1. The van der Waals surface area contributed by atoms with Gasteiger partial charge in [-0.1, -0.05) is 32.0 Å². The van der Waals surface area contributed by atoms with Crippen LogP contribution in [0.25, 0.3) is 10.9 Å². The lowest BCUT2D eigenvalue weighted by atomic mass is 9.94. The van der Waals surface area contributed by atoms with E-state index in [2.05, 4.69) is 20.0 Å². The predicted molar refractivity (Wildman–Crippen MR) is 162 cm³/mol. The van der Waals surface area contributed by atoms with Gasteiger partial charge in [-0.3, -0.25) is 9.88 Å². The van der Waals surface area contributed by atoms with Crippen LogP contribution in [-0.2, 0) is 9.53 Å². The first-order valence-corrected chi connectivity index (χ1v) is 15.5.